The van der Waals surface area contributed by atoms with E-state index in [1.54, 1.807) is 12.1 Å². The van der Waals surface area contributed by atoms with E-state index in [9.17, 15) is 5.11 Å². The standard InChI is InChI=1S/C14H21NO2/c1-10-6-7-14(17-10)9-15-11(2)12-4-3-5-13(16)8-12/h3-5,8,10-11,14-16H,6-7,9H2,1-2H3. The summed E-state index contributed by atoms with van der Waals surface area (Å²) in [5.74, 6) is 0.321. The van der Waals surface area contributed by atoms with Crippen molar-refractivity contribution >= 4 is 0 Å². The number of nitrogens with one attached hydrogen (secondary N) is 1. The van der Waals surface area contributed by atoms with E-state index in [0.29, 0.717) is 18.0 Å². The molecule has 3 nitrogen and oxygen atoms in total. The van der Waals surface area contributed by atoms with Crippen molar-refractivity contribution in [3.63, 3.8) is 0 Å². The molecule has 1 aromatic rings. The first-order chi connectivity index (χ1) is 8.15. The number of hydrogen-bond donors (Lipinski definition) is 2. The third kappa shape index (κ3) is 3.45. The van der Waals surface area contributed by atoms with Crippen molar-refractivity contribution in [2.24, 2.45) is 0 Å². The molecular weight excluding hydrogens is 214 g/mol. The molecule has 0 amide bonds. The first-order valence-corrected chi connectivity index (χ1v) is 6.33. The molecule has 2 rings (SSSR count). The maximum Gasteiger partial charge on any atom is 0.115 e. The van der Waals surface area contributed by atoms with Gasteiger partial charge < -0.3 is 15.2 Å². The number of ether oxygens (including phenoxy) is 1. The van der Waals surface area contributed by atoms with Crippen LogP contribution in [0.1, 0.15) is 38.3 Å². The number of aromatic hydroxyl groups is 1. The summed E-state index contributed by atoms with van der Waals surface area (Å²) in [5, 5.41) is 12.9. The lowest BCUT2D eigenvalue weighted by Crippen LogP contribution is -2.29. The number of benzene rings is 1. The fourth-order valence-electron chi connectivity index (χ4n) is 2.26. The summed E-state index contributed by atoms with van der Waals surface area (Å²) in [6, 6.07) is 7.63. The third-order valence-corrected chi connectivity index (χ3v) is 3.34. The zero-order chi connectivity index (χ0) is 12.3. The minimum atomic E-state index is 0.238. The van der Waals surface area contributed by atoms with Gasteiger partial charge >= 0.3 is 0 Å². The molecule has 1 aromatic carbocycles. The van der Waals surface area contributed by atoms with Crippen LogP contribution in [0.2, 0.25) is 0 Å². The lowest BCUT2D eigenvalue weighted by Gasteiger charge is -2.18. The van der Waals surface area contributed by atoms with Gasteiger partial charge in [0.25, 0.3) is 0 Å². The monoisotopic (exact) mass is 235 g/mol. The Bertz CT molecular complexity index is 367. The Hall–Kier alpha value is -1.06. The van der Waals surface area contributed by atoms with Crippen LogP contribution in [0.15, 0.2) is 24.3 Å². The van der Waals surface area contributed by atoms with E-state index in [0.717, 1.165) is 24.9 Å². The maximum atomic E-state index is 9.42. The van der Waals surface area contributed by atoms with E-state index >= 15 is 0 Å². The lowest BCUT2D eigenvalue weighted by molar-refractivity contribution is 0.0546. The lowest BCUT2D eigenvalue weighted by atomic mass is 10.1. The van der Waals surface area contributed by atoms with Gasteiger partial charge in [-0.3, -0.25) is 0 Å². The highest BCUT2D eigenvalue weighted by Gasteiger charge is 2.21. The molecule has 2 N–H and O–H groups in total. The van der Waals surface area contributed by atoms with E-state index in [2.05, 4.69) is 19.2 Å². The molecule has 0 radical (unpaired) electrons. The Kier molecular flexibility index (Phi) is 4.02. The molecule has 3 atom stereocenters. The van der Waals surface area contributed by atoms with E-state index in [-0.39, 0.29) is 6.04 Å². The van der Waals surface area contributed by atoms with Crippen LogP contribution >= 0.6 is 0 Å². The summed E-state index contributed by atoms with van der Waals surface area (Å²) in [6.07, 6.45) is 3.04. The van der Waals surface area contributed by atoms with Crippen LogP contribution in [0, 0.1) is 0 Å². The second-order valence-corrected chi connectivity index (χ2v) is 4.87. The SMILES string of the molecule is CC1CCC(CNC(C)c2cccc(O)c2)O1. The summed E-state index contributed by atoms with van der Waals surface area (Å²) < 4.78 is 5.76. The molecule has 0 aliphatic carbocycles. The molecule has 1 fully saturated rings. The molecule has 0 aromatic heterocycles. The van der Waals surface area contributed by atoms with Gasteiger partial charge in [-0.1, -0.05) is 12.1 Å². The molecule has 0 spiro atoms. The van der Waals surface area contributed by atoms with Crippen LogP contribution in [0.4, 0.5) is 0 Å². The Morgan fingerprint density at radius 2 is 2.29 bits per heavy atom. The second-order valence-electron chi connectivity index (χ2n) is 4.87. The van der Waals surface area contributed by atoms with Gasteiger partial charge in [-0.2, -0.15) is 0 Å². The van der Waals surface area contributed by atoms with Gasteiger partial charge in [-0.05, 0) is 44.4 Å². The van der Waals surface area contributed by atoms with Gasteiger partial charge in [0.1, 0.15) is 5.75 Å². The molecule has 1 aliphatic rings. The van der Waals surface area contributed by atoms with E-state index in [1.807, 2.05) is 12.1 Å². The fourth-order valence-corrected chi connectivity index (χ4v) is 2.26. The summed E-state index contributed by atoms with van der Waals surface area (Å²) >= 11 is 0. The van der Waals surface area contributed by atoms with Crippen molar-refractivity contribution in [1.29, 1.82) is 0 Å². The maximum absolute atomic E-state index is 9.42. The first kappa shape index (κ1) is 12.4. The molecular formula is C14H21NO2. The van der Waals surface area contributed by atoms with E-state index < -0.39 is 0 Å². The van der Waals surface area contributed by atoms with Crippen LogP contribution in [-0.2, 0) is 4.74 Å². The van der Waals surface area contributed by atoms with E-state index in [4.69, 9.17) is 4.74 Å². The van der Waals surface area contributed by atoms with Crippen molar-refractivity contribution < 1.29 is 9.84 Å². The molecule has 1 heterocycles. The van der Waals surface area contributed by atoms with Gasteiger partial charge in [0.05, 0.1) is 12.2 Å². The zero-order valence-corrected chi connectivity index (χ0v) is 10.5. The minimum Gasteiger partial charge on any atom is -0.508 e. The molecule has 3 heteroatoms. The van der Waals surface area contributed by atoms with Gasteiger partial charge in [0.15, 0.2) is 0 Å². The highest BCUT2D eigenvalue weighted by Crippen LogP contribution is 2.21. The Morgan fingerprint density at radius 3 is 2.94 bits per heavy atom. The minimum absolute atomic E-state index is 0.238. The molecule has 1 saturated heterocycles. The molecule has 0 saturated carbocycles. The van der Waals surface area contributed by atoms with Crippen molar-refractivity contribution in [3.05, 3.63) is 29.8 Å². The Balaban J connectivity index is 1.83. The van der Waals surface area contributed by atoms with Crippen LogP contribution in [0.3, 0.4) is 0 Å². The largest absolute Gasteiger partial charge is 0.508 e. The molecule has 0 bridgehead atoms. The number of hydrogen-bond acceptors (Lipinski definition) is 3. The van der Waals surface area contributed by atoms with Crippen LogP contribution in [0.5, 0.6) is 5.75 Å². The molecule has 1 aliphatic heterocycles. The molecule has 94 valence electrons. The number of phenolic OH excluding ortho intramolecular Hbond substituents is 1. The smallest absolute Gasteiger partial charge is 0.115 e. The fraction of sp³-hybridized carbons (Fsp3) is 0.571. The highest BCUT2D eigenvalue weighted by atomic mass is 16.5. The van der Waals surface area contributed by atoms with Crippen molar-refractivity contribution in [1.82, 2.24) is 5.32 Å². The van der Waals surface area contributed by atoms with Gasteiger partial charge in [-0.15, -0.1) is 0 Å². The van der Waals surface area contributed by atoms with Crippen LogP contribution in [-0.4, -0.2) is 23.9 Å². The van der Waals surface area contributed by atoms with Crippen LogP contribution in [0.25, 0.3) is 0 Å². The molecule has 17 heavy (non-hydrogen) atoms. The van der Waals surface area contributed by atoms with Crippen molar-refractivity contribution in [2.75, 3.05) is 6.54 Å². The van der Waals surface area contributed by atoms with Crippen molar-refractivity contribution in [3.8, 4) is 5.75 Å². The average Bonchev–Trinajstić information content (AvgIpc) is 2.72. The summed E-state index contributed by atoms with van der Waals surface area (Å²) in [4.78, 5) is 0. The predicted molar refractivity (Wildman–Crippen MR) is 68.1 cm³/mol. The average molecular weight is 235 g/mol. The van der Waals surface area contributed by atoms with Gasteiger partial charge in [-0.25, -0.2) is 0 Å². The summed E-state index contributed by atoms with van der Waals surface area (Å²) in [7, 11) is 0. The van der Waals surface area contributed by atoms with E-state index in [1.165, 1.54) is 0 Å². The number of phenols is 1. The highest BCUT2D eigenvalue weighted by molar-refractivity contribution is 5.28. The Labute approximate surface area is 103 Å². The summed E-state index contributed by atoms with van der Waals surface area (Å²) in [6.45, 7) is 5.10. The van der Waals surface area contributed by atoms with Gasteiger partial charge in [0.2, 0.25) is 0 Å². The first-order valence-electron chi connectivity index (χ1n) is 6.33. The summed E-state index contributed by atoms with van der Waals surface area (Å²) in [5.41, 5.74) is 1.11. The zero-order valence-electron chi connectivity index (χ0n) is 10.5. The number of rotatable bonds is 4. The third-order valence-electron chi connectivity index (χ3n) is 3.34. The second kappa shape index (κ2) is 5.52. The quantitative estimate of drug-likeness (QED) is 0.843. The van der Waals surface area contributed by atoms with Gasteiger partial charge in [0, 0.05) is 12.6 Å². The predicted octanol–water partition coefficient (Wildman–Crippen LogP) is 2.61. The Morgan fingerprint density at radius 1 is 1.47 bits per heavy atom. The topological polar surface area (TPSA) is 41.5 Å². The molecule has 3 unspecified atom stereocenters. The van der Waals surface area contributed by atoms with Crippen LogP contribution < -0.4 is 5.32 Å². The normalized spacial score (nSPS) is 26.0. The van der Waals surface area contributed by atoms with Crippen molar-refractivity contribution in [2.45, 2.75) is 44.9 Å².